The molecular weight excluding hydrogens is 336 g/mol. The second-order valence-corrected chi connectivity index (χ2v) is 7.45. The number of benzene rings is 2. The van der Waals surface area contributed by atoms with Crippen LogP contribution in [-0.4, -0.2) is 0 Å². The molecule has 0 aliphatic heterocycles. The van der Waals surface area contributed by atoms with E-state index in [1.54, 1.807) is 0 Å². The Morgan fingerprint density at radius 3 is 1.64 bits per heavy atom. The highest BCUT2D eigenvalue weighted by atomic mass is 14.0. The predicted molar refractivity (Wildman–Crippen MR) is 122 cm³/mol. The lowest BCUT2D eigenvalue weighted by atomic mass is 10.0. The molecule has 0 unspecified atom stereocenters. The molecule has 0 spiro atoms. The summed E-state index contributed by atoms with van der Waals surface area (Å²) in [5.74, 6) is 13.0. The van der Waals surface area contributed by atoms with E-state index in [0.29, 0.717) is 0 Å². The maximum atomic E-state index is 3.27. The smallest absolute Gasteiger partial charge is 0.0249 e. The third-order valence-corrected chi connectivity index (χ3v) is 4.90. The first-order valence-corrected chi connectivity index (χ1v) is 11.0. The Bertz CT molecular complexity index is 786. The molecular formula is C28H34. The van der Waals surface area contributed by atoms with Gasteiger partial charge in [0.05, 0.1) is 0 Å². The van der Waals surface area contributed by atoms with Crippen LogP contribution in [0.5, 0.6) is 0 Å². The molecule has 0 N–H and O–H groups in total. The van der Waals surface area contributed by atoms with Crippen LogP contribution in [0, 0.1) is 23.7 Å². The second kappa shape index (κ2) is 13.7. The van der Waals surface area contributed by atoms with Crippen molar-refractivity contribution in [1.29, 1.82) is 0 Å². The van der Waals surface area contributed by atoms with Crippen molar-refractivity contribution in [3.63, 3.8) is 0 Å². The molecule has 2 aromatic carbocycles. The maximum absolute atomic E-state index is 3.27. The third kappa shape index (κ3) is 8.97. The van der Waals surface area contributed by atoms with Crippen LogP contribution in [0.4, 0.5) is 0 Å². The van der Waals surface area contributed by atoms with Gasteiger partial charge in [0.25, 0.3) is 0 Å². The van der Waals surface area contributed by atoms with Gasteiger partial charge in [0, 0.05) is 23.1 Å². The average Bonchev–Trinajstić information content (AvgIpc) is 2.74. The zero-order chi connectivity index (χ0) is 19.9. The fourth-order valence-corrected chi connectivity index (χ4v) is 3.10. The lowest BCUT2D eigenvalue weighted by Gasteiger charge is -2.01. The van der Waals surface area contributed by atoms with Crippen LogP contribution in [0.25, 0.3) is 0 Å². The van der Waals surface area contributed by atoms with Crippen molar-refractivity contribution in [2.24, 2.45) is 0 Å². The van der Waals surface area contributed by atoms with Gasteiger partial charge in [-0.3, -0.25) is 0 Å². The summed E-state index contributed by atoms with van der Waals surface area (Å²) in [4.78, 5) is 0. The predicted octanol–water partition coefficient (Wildman–Crippen LogP) is 7.53. The van der Waals surface area contributed by atoms with E-state index in [1.807, 2.05) is 0 Å². The molecule has 0 saturated heterocycles. The summed E-state index contributed by atoms with van der Waals surface area (Å²) in [6.07, 6.45) is 12.5. The van der Waals surface area contributed by atoms with Gasteiger partial charge in [-0.25, -0.2) is 0 Å². The van der Waals surface area contributed by atoms with E-state index in [1.165, 1.54) is 63.4 Å². The lowest BCUT2D eigenvalue weighted by Crippen LogP contribution is -1.86. The highest BCUT2D eigenvalue weighted by molar-refractivity contribution is 5.46. The zero-order valence-corrected chi connectivity index (χ0v) is 17.7. The molecule has 0 aliphatic carbocycles. The van der Waals surface area contributed by atoms with E-state index in [9.17, 15) is 0 Å². The second-order valence-electron chi connectivity index (χ2n) is 7.45. The summed E-state index contributed by atoms with van der Waals surface area (Å²) < 4.78 is 0. The van der Waals surface area contributed by atoms with Gasteiger partial charge in [-0.15, -0.1) is 0 Å². The molecule has 2 aromatic rings. The molecule has 0 aliphatic rings. The molecule has 28 heavy (non-hydrogen) atoms. The van der Waals surface area contributed by atoms with Crippen LogP contribution < -0.4 is 0 Å². The molecule has 0 nitrogen and oxygen atoms in total. The van der Waals surface area contributed by atoms with Crippen molar-refractivity contribution >= 4 is 0 Å². The topological polar surface area (TPSA) is 0 Å². The average molecular weight is 371 g/mol. The maximum Gasteiger partial charge on any atom is 0.0249 e. The zero-order valence-electron chi connectivity index (χ0n) is 17.7. The highest BCUT2D eigenvalue weighted by Crippen LogP contribution is 2.10. The summed E-state index contributed by atoms with van der Waals surface area (Å²) >= 11 is 0. The van der Waals surface area contributed by atoms with Crippen molar-refractivity contribution in [3.05, 3.63) is 70.8 Å². The minimum Gasteiger partial charge on any atom is -0.0979 e. The van der Waals surface area contributed by atoms with E-state index in [-0.39, 0.29) is 0 Å². The minimum absolute atomic E-state index is 0.990. The summed E-state index contributed by atoms with van der Waals surface area (Å²) in [6, 6.07) is 17.0. The number of hydrogen-bond acceptors (Lipinski definition) is 0. The van der Waals surface area contributed by atoms with Crippen LogP contribution in [0.2, 0.25) is 0 Å². The number of unbranched alkanes of at least 4 members (excludes halogenated alkanes) is 7. The highest BCUT2D eigenvalue weighted by Gasteiger charge is 1.95. The van der Waals surface area contributed by atoms with Gasteiger partial charge in [0.2, 0.25) is 0 Å². The van der Waals surface area contributed by atoms with E-state index >= 15 is 0 Å². The van der Waals surface area contributed by atoms with Crippen LogP contribution in [-0.2, 0) is 6.42 Å². The Balaban J connectivity index is 1.82. The number of hydrogen-bond donors (Lipinski definition) is 0. The summed E-state index contributed by atoms with van der Waals surface area (Å²) in [7, 11) is 0. The Morgan fingerprint density at radius 1 is 0.536 bits per heavy atom. The van der Waals surface area contributed by atoms with Crippen LogP contribution >= 0.6 is 0 Å². The molecule has 0 heteroatoms. The number of rotatable bonds is 9. The first-order chi connectivity index (χ1) is 13.8. The van der Waals surface area contributed by atoms with Crippen LogP contribution in [0.15, 0.2) is 48.5 Å². The molecule has 0 aromatic heterocycles. The first kappa shape index (κ1) is 21.9. The van der Waals surface area contributed by atoms with Crippen LogP contribution in [0.1, 0.15) is 93.9 Å². The molecule has 0 saturated carbocycles. The van der Waals surface area contributed by atoms with Crippen molar-refractivity contribution in [2.45, 2.75) is 78.1 Å². The third-order valence-electron chi connectivity index (χ3n) is 4.90. The number of aryl methyl sites for hydroxylation is 1. The lowest BCUT2D eigenvalue weighted by molar-refractivity contribution is 0.632. The van der Waals surface area contributed by atoms with Crippen molar-refractivity contribution in [1.82, 2.24) is 0 Å². The van der Waals surface area contributed by atoms with E-state index in [0.717, 1.165) is 23.1 Å². The van der Waals surface area contributed by atoms with Gasteiger partial charge in [-0.1, -0.05) is 88.2 Å². The molecule has 0 bridgehead atoms. The van der Waals surface area contributed by atoms with Crippen molar-refractivity contribution in [2.75, 3.05) is 0 Å². The van der Waals surface area contributed by atoms with Crippen molar-refractivity contribution < 1.29 is 0 Å². The van der Waals surface area contributed by atoms with E-state index < -0.39 is 0 Å². The van der Waals surface area contributed by atoms with Gasteiger partial charge in [-0.05, 0) is 61.2 Å². The Hall–Kier alpha value is -2.44. The van der Waals surface area contributed by atoms with Crippen molar-refractivity contribution in [3.8, 4) is 23.7 Å². The molecule has 0 heterocycles. The molecule has 146 valence electrons. The Kier molecular flexibility index (Phi) is 10.7. The fourth-order valence-electron chi connectivity index (χ4n) is 3.10. The Labute approximate surface area is 172 Å². The normalized spacial score (nSPS) is 9.93. The largest absolute Gasteiger partial charge is 0.0979 e. The van der Waals surface area contributed by atoms with E-state index in [4.69, 9.17) is 0 Å². The first-order valence-electron chi connectivity index (χ1n) is 11.0. The molecule has 0 amide bonds. The van der Waals surface area contributed by atoms with Gasteiger partial charge in [0.15, 0.2) is 0 Å². The van der Waals surface area contributed by atoms with Gasteiger partial charge in [0.1, 0.15) is 0 Å². The monoisotopic (exact) mass is 370 g/mol. The summed E-state index contributed by atoms with van der Waals surface area (Å²) in [6.45, 7) is 4.48. The quantitative estimate of drug-likeness (QED) is 0.316. The minimum atomic E-state index is 0.990. The van der Waals surface area contributed by atoms with Gasteiger partial charge >= 0.3 is 0 Å². The van der Waals surface area contributed by atoms with Gasteiger partial charge in [-0.2, -0.15) is 0 Å². The molecule has 0 radical (unpaired) electrons. The fraction of sp³-hybridized carbons (Fsp3) is 0.429. The molecule has 2 rings (SSSR count). The summed E-state index contributed by atoms with van der Waals surface area (Å²) in [5.41, 5.74) is 4.61. The SMILES string of the molecule is CCCCCC#Cc1ccc(C#Cc2ccc(CCCCCCC)cc2)cc1. The molecule has 0 atom stereocenters. The van der Waals surface area contributed by atoms with Crippen LogP contribution in [0.3, 0.4) is 0 Å². The summed E-state index contributed by atoms with van der Waals surface area (Å²) in [5, 5.41) is 0. The Morgan fingerprint density at radius 2 is 1.04 bits per heavy atom. The molecule has 0 fully saturated rings. The van der Waals surface area contributed by atoms with E-state index in [2.05, 4.69) is 86.1 Å². The standard InChI is InChI=1S/C28H34/c1-3-5-7-9-11-13-25-15-19-27(20-16-25)23-24-28-21-17-26(18-22-28)14-12-10-8-6-4-2/h15-22H,3-11,13H2,1-2H3. The van der Waals surface area contributed by atoms with Gasteiger partial charge < -0.3 is 0 Å².